The highest BCUT2D eigenvalue weighted by atomic mass is 19.1. The molecule has 2 heterocycles. The second-order valence-electron chi connectivity index (χ2n) is 7.13. The summed E-state index contributed by atoms with van der Waals surface area (Å²) in [5, 5.41) is 11.5. The summed E-state index contributed by atoms with van der Waals surface area (Å²) >= 11 is 0. The second-order valence-corrected chi connectivity index (χ2v) is 7.13. The van der Waals surface area contributed by atoms with E-state index in [1.165, 1.54) is 12.1 Å². The predicted molar refractivity (Wildman–Crippen MR) is 109 cm³/mol. The number of hydrogen-bond donors (Lipinski definition) is 1. The highest BCUT2D eigenvalue weighted by Gasteiger charge is 2.31. The Hall–Kier alpha value is -3.42. The summed E-state index contributed by atoms with van der Waals surface area (Å²) in [4.78, 5) is 12.9. The smallest absolute Gasteiger partial charge is 0.231 e. The number of fused-ring (bicyclic) bond motifs is 1. The van der Waals surface area contributed by atoms with E-state index in [9.17, 15) is 9.18 Å². The maximum atomic E-state index is 13.2. The topological polar surface area (TPSA) is 78.3 Å². The molecule has 0 aliphatic carbocycles. The number of carbonyl (C=O) groups is 1. The fourth-order valence-electron chi connectivity index (χ4n) is 3.74. The molecule has 1 unspecified atom stereocenters. The van der Waals surface area contributed by atoms with Crippen LogP contribution in [0.1, 0.15) is 30.1 Å². The summed E-state index contributed by atoms with van der Waals surface area (Å²) in [5.74, 6) is 1.84. The molecule has 1 amide bonds. The number of aromatic nitrogens is 3. The number of rotatable bonds is 6. The third-order valence-corrected chi connectivity index (χ3v) is 5.33. The first-order valence-electron chi connectivity index (χ1n) is 9.78. The van der Waals surface area contributed by atoms with E-state index in [1.807, 2.05) is 16.7 Å². The minimum Gasteiger partial charge on any atom is -0.497 e. The molecule has 8 heteroatoms. The molecule has 0 radical (unpaired) electrons. The zero-order chi connectivity index (χ0) is 21.1. The van der Waals surface area contributed by atoms with Gasteiger partial charge in [-0.3, -0.25) is 4.79 Å². The van der Waals surface area contributed by atoms with Gasteiger partial charge in [0.05, 0.1) is 20.1 Å². The Bertz CT molecular complexity index is 1050. The van der Waals surface area contributed by atoms with Crippen LogP contribution < -0.4 is 14.8 Å². The molecule has 1 N–H and O–H groups in total. The Balaban J connectivity index is 1.51. The fourth-order valence-corrected chi connectivity index (χ4v) is 3.74. The highest BCUT2D eigenvalue weighted by Crippen LogP contribution is 2.31. The SMILES string of the molecule is COc1ccc(CNC(=O)C2CCCn3c(-c4ccc(F)cc4)nnc32)c(OC)c1. The van der Waals surface area contributed by atoms with Crippen molar-refractivity contribution in [1.82, 2.24) is 20.1 Å². The zero-order valence-corrected chi connectivity index (χ0v) is 16.9. The van der Waals surface area contributed by atoms with E-state index in [2.05, 4.69) is 15.5 Å². The maximum absolute atomic E-state index is 13.2. The van der Waals surface area contributed by atoms with Gasteiger partial charge in [-0.1, -0.05) is 0 Å². The number of ether oxygens (including phenoxy) is 2. The highest BCUT2D eigenvalue weighted by molar-refractivity contribution is 5.83. The van der Waals surface area contributed by atoms with Gasteiger partial charge in [0.15, 0.2) is 5.82 Å². The molecule has 1 atom stereocenters. The number of halogens is 1. The largest absolute Gasteiger partial charge is 0.497 e. The van der Waals surface area contributed by atoms with Gasteiger partial charge >= 0.3 is 0 Å². The number of nitrogens with one attached hydrogen (secondary N) is 1. The van der Waals surface area contributed by atoms with Crippen molar-refractivity contribution in [2.24, 2.45) is 0 Å². The van der Waals surface area contributed by atoms with Crippen LogP contribution in [-0.4, -0.2) is 34.9 Å². The van der Waals surface area contributed by atoms with Crippen LogP contribution in [0, 0.1) is 5.82 Å². The zero-order valence-electron chi connectivity index (χ0n) is 16.9. The number of nitrogens with zero attached hydrogens (tertiary/aromatic N) is 3. The molecule has 1 aromatic heterocycles. The molecule has 3 aromatic rings. The van der Waals surface area contributed by atoms with Crippen molar-refractivity contribution < 1.29 is 18.7 Å². The number of benzene rings is 2. The van der Waals surface area contributed by atoms with Crippen LogP contribution in [-0.2, 0) is 17.9 Å². The Morgan fingerprint density at radius 1 is 1.17 bits per heavy atom. The first kappa shape index (κ1) is 19.9. The molecule has 0 saturated carbocycles. The van der Waals surface area contributed by atoms with Gasteiger partial charge in [0, 0.05) is 30.3 Å². The van der Waals surface area contributed by atoms with Gasteiger partial charge in [0.1, 0.15) is 23.1 Å². The Kier molecular flexibility index (Phi) is 5.65. The van der Waals surface area contributed by atoms with Gasteiger partial charge in [-0.15, -0.1) is 10.2 Å². The van der Waals surface area contributed by atoms with E-state index in [1.54, 1.807) is 32.4 Å². The van der Waals surface area contributed by atoms with E-state index in [0.717, 1.165) is 24.1 Å². The van der Waals surface area contributed by atoms with Crippen molar-refractivity contribution in [1.29, 1.82) is 0 Å². The summed E-state index contributed by atoms with van der Waals surface area (Å²) < 4.78 is 25.8. The van der Waals surface area contributed by atoms with Crippen molar-refractivity contribution in [2.45, 2.75) is 31.8 Å². The molecule has 1 aliphatic rings. The average Bonchev–Trinajstić information content (AvgIpc) is 3.22. The molecule has 0 saturated heterocycles. The van der Waals surface area contributed by atoms with Gasteiger partial charge in [-0.2, -0.15) is 0 Å². The van der Waals surface area contributed by atoms with Gasteiger partial charge in [0.25, 0.3) is 0 Å². The molecule has 1 aliphatic heterocycles. The van der Waals surface area contributed by atoms with E-state index >= 15 is 0 Å². The third kappa shape index (κ3) is 3.85. The summed E-state index contributed by atoms with van der Waals surface area (Å²) in [6.07, 6.45) is 1.54. The second kappa shape index (κ2) is 8.52. The van der Waals surface area contributed by atoms with Crippen LogP contribution in [0.5, 0.6) is 11.5 Å². The van der Waals surface area contributed by atoms with Crippen LogP contribution in [0.4, 0.5) is 4.39 Å². The molecule has 0 fully saturated rings. The van der Waals surface area contributed by atoms with Crippen molar-refractivity contribution in [2.75, 3.05) is 14.2 Å². The first-order chi connectivity index (χ1) is 14.6. The minimum absolute atomic E-state index is 0.105. The summed E-state index contributed by atoms with van der Waals surface area (Å²) in [6.45, 7) is 1.06. The van der Waals surface area contributed by atoms with Crippen molar-refractivity contribution >= 4 is 5.91 Å². The number of amides is 1. The third-order valence-electron chi connectivity index (χ3n) is 5.33. The Morgan fingerprint density at radius 2 is 1.97 bits per heavy atom. The normalized spacial score (nSPS) is 15.4. The summed E-state index contributed by atoms with van der Waals surface area (Å²) in [5.41, 5.74) is 1.63. The van der Waals surface area contributed by atoms with Crippen molar-refractivity contribution in [3.05, 3.63) is 59.7 Å². The molecule has 4 rings (SSSR count). The predicted octanol–water partition coefficient (Wildman–Crippen LogP) is 3.30. The van der Waals surface area contributed by atoms with Gasteiger partial charge in [-0.25, -0.2) is 4.39 Å². The van der Waals surface area contributed by atoms with Crippen LogP contribution in [0.2, 0.25) is 0 Å². The lowest BCUT2D eigenvalue weighted by molar-refractivity contribution is -0.123. The molecular formula is C22H23FN4O3. The van der Waals surface area contributed by atoms with E-state index < -0.39 is 0 Å². The number of methoxy groups -OCH3 is 2. The lowest BCUT2D eigenvalue weighted by Gasteiger charge is -2.23. The van der Waals surface area contributed by atoms with Crippen LogP contribution >= 0.6 is 0 Å². The molecule has 156 valence electrons. The number of hydrogen-bond acceptors (Lipinski definition) is 5. The molecule has 0 bridgehead atoms. The van der Waals surface area contributed by atoms with Gasteiger partial charge in [-0.05, 0) is 49.2 Å². The lowest BCUT2D eigenvalue weighted by atomic mass is 9.97. The Morgan fingerprint density at radius 3 is 2.70 bits per heavy atom. The van der Waals surface area contributed by atoms with E-state index in [4.69, 9.17) is 9.47 Å². The first-order valence-corrected chi connectivity index (χ1v) is 9.78. The average molecular weight is 410 g/mol. The van der Waals surface area contributed by atoms with Crippen LogP contribution in [0.15, 0.2) is 42.5 Å². The van der Waals surface area contributed by atoms with Crippen LogP contribution in [0.3, 0.4) is 0 Å². The maximum Gasteiger partial charge on any atom is 0.231 e. The van der Waals surface area contributed by atoms with Crippen LogP contribution in [0.25, 0.3) is 11.4 Å². The molecule has 7 nitrogen and oxygen atoms in total. The lowest BCUT2D eigenvalue weighted by Crippen LogP contribution is -2.33. The summed E-state index contributed by atoms with van der Waals surface area (Å²) in [7, 11) is 3.18. The quantitative estimate of drug-likeness (QED) is 0.675. The standard InChI is InChI=1S/C22H23FN4O3/c1-29-17-10-7-15(19(12-17)30-2)13-24-22(28)18-4-3-11-27-20(25-26-21(18)27)14-5-8-16(23)9-6-14/h5-10,12,18H,3-4,11,13H2,1-2H3,(H,24,28). The Labute approximate surface area is 173 Å². The molecule has 0 spiro atoms. The number of carbonyl (C=O) groups excluding carboxylic acids is 1. The monoisotopic (exact) mass is 410 g/mol. The molecule has 30 heavy (non-hydrogen) atoms. The molecular weight excluding hydrogens is 387 g/mol. The van der Waals surface area contributed by atoms with Crippen molar-refractivity contribution in [3.63, 3.8) is 0 Å². The van der Waals surface area contributed by atoms with Gasteiger partial charge in [0.2, 0.25) is 5.91 Å². The fraction of sp³-hybridized carbons (Fsp3) is 0.318. The van der Waals surface area contributed by atoms with Crippen molar-refractivity contribution in [3.8, 4) is 22.9 Å². The summed E-state index contributed by atoms with van der Waals surface area (Å²) in [6, 6.07) is 11.6. The minimum atomic E-state index is -0.385. The van der Waals surface area contributed by atoms with E-state index in [-0.39, 0.29) is 17.6 Å². The van der Waals surface area contributed by atoms with E-state index in [0.29, 0.717) is 36.1 Å². The van der Waals surface area contributed by atoms with Gasteiger partial charge < -0.3 is 19.4 Å². The molecule has 2 aromatic carbocycles.